The lowest BCUT2D eigenvalue weighted by Gasteiger charge is -2.36. The Morgan fingerprint density at radius 2 is 1.41 bits per heavy atom. The Bertz CT molecular complexity index is 786. The van der Waals surface area contributed by atoms with Gasteiger partial charge in [0.05, 0.1) is 7.11 Å². The van der Waals surface area contributed by atoms with Gasteiger partial charge < -0.3 is 19.5 Å². The molecule has 158 valence electrons. The number of ether oxygens (including phenoxy) is 2. The van der Waals surface area contributed by atoms with Crippen molar-refractivity contribution in [2.45, 2.75) is 33.8 Å². The van der Waals surface area contributed by atoms with Crippen molar-refractivity contribution in [2.24, 2.45) is 0 Å². The molecule has 1 aliphatic rings. The second kappa shape index (κ2) is 9.51. The molecule has 1 fully saturated rings. The maximum Gasteiger partial charge on any atom is 0.126 e. The van der Waals surface area contributed by atoms with Gasteiger partial charge in [0.15, 0.2) is 0 Å². The third-order valence-corrected chi connectivity index (χ3v) is 6.07. The molecule has 0 amide bonds. The van der Waals surface area contributed by atoms with Crippen molar-refractivity contribution in [3.63, 3.8) is 0 Å². The summed E-state index contributed by atoms with van der Waals surface area (Å²) in [5.74, 6) is 1.79. The first-order valence-corrected chi connectivity index (χ1v) is 10.4. The van der Waals surface area contributed by atoms with E-state index in [-0.39, 0.29) is 0 Å². The lowest BCUT2D eigenvalue weighted by molar-refractivity contribution is 0.0658. The van der Waals surface area contributed by atoms with Crippen molar-refractivity contribution in [1.29, 1.82) is 0 Å². The van der Waals surface area contributed by atoms with E-state index in [1.54, 1.807) is 7.11 Å². The lowest BCUT2D eigenvalue weighted by atomic mass is 9.98. The van der Waals surface area contributed by atoms with Crippen LogP contribution in [0.1, 0.15) is 22.3 Å². The maximum atomic E-state index is 10.6. The third-order valence-electron chi connectivity index (χ3n) is 6.07. The van der Waals surface area contributed by atoms with E-state index in [9.17, 15) is 5.11 Å². The smallest absolute Gasteiger partial charge is 0.126 e. The summed E-state index contributed by atoms with van der Waals surface area (Å²) in [6.45, 7) is 13.0. The average molecular weight is 399 g/mol. The van der Waals surface area contributed by atoms with Crippen molar-refractivity contribution >= 4 is 5.69 Å². The number of β-amino-alcohol motifs (C(OH)–C–C–N with tert-alkyl or cyclic N) is 1. The monoisotopic (exact) mass is 398 g/mol. The number of hydrogen-bond acceptors (Lipinski definition) is 5. The Morgan fingerprint density at radius 3 is 1.97 bits per heavy atom. The summed E-state index contributed by atoms with van der Waals surface area (Å²) in [5, 5.41) is 10.6. The predicted molar refractivity (Wildman–Crippen MR) is 119 cm³/mol. The number of para-hydroxylation sites is 1. The van der Waals surface area contributed by atoms with Gasteiger partial charge in [-0.25, -0.2) is 0 Å². The standard InChI is InChI=1S/C24H34N2O3/c1-17-19(3)24(20(4)18(2)23(17)28-5)29-16-22(27)15-25-11-13-26(14-12-25)21-9-7-6-8-10-21/h6-10,22,27H,11-16H2,1-5H3. The second-order valence-corrected chi connectivity index (χ2v) is 7.95. The number of piperazine rings is 1. The van der Waals surface area contributed by atoms with Crippen LogP contribution in [0.15, 0.2) is 30.3 Å². The number of benzene rings is 2. The fourth-order valence-electron chi connectivity index (χ4n) is 4.12. The molecule has 3 rings (SSSR count). The van der Waals surface area contributed by atoms with Crippen LogP contribution >= 0.6 is 0 Å². The van der Waals surface area contributed by atoms with Crippen molar-refractivity contribution in [3.8, 4) is 11.5 Å². The molecule has 5 nitrogen and oxygen atoms in total. The Kier molecular flexibility index (Phi) is 7.04. The highest BCUT2D eigenvalue weighted by molar-refractivity contribution is 5.57. The average Bonchev–Trinajstić information content (AvgIpc) is 2.74. The summed E-state index contributed by atoms with van der Waals surface area (Å²) in [4.78, 5) is 4.71. The van der Waals surface area contributed by atoms with Gasteiger partial charge in [-0.05, 0) is 62.1 Å². The first kappa shape index (κ1) is 21.5. The normalized spacial score (nSPS) is 16.0. The van der Waals surface area contributed by atoms with Crippen LogP contribution in [-0.4, -0.2) is 62.6 Å². The highest BCUT2D eigenvalue weighted by Gasteiger charge is 2.21. The van der Waals surface area contributed by atoms with Gasteiger partial charge in [-0.2, -0.15) is 0 Å². The van der Waals surface area contributed by atoms with E-state index in [1.165, 1.54) is 5.69 Å². The van der Waals surface area contributed by atoms with Crippen LogP contribution in [0.25, 0.3) is 0 Å². The van der Waals surface area contributed by atoms with Crippen molar-refractivity contribution < 1.29 is 14.6 Å². The number of nitrogens with zero attached hydrogens (tertiary/aromatic N) is 2. The lowest BCUT2D eigenvalue weighted by Crippen LogP contribution is -2.49. The molecule has 1 unspecified atom stereocenters. The summed E-state index contributed by atoms with van der Waals surface area (Å²) in [6.07, 6.45) is -0.514. The summed E-state index contributed by atoms with van der Waals surface area (Å²) < 4.78 is 11.6. The molecule has 1 heterocycles. The van der Waals surface area contributed by atoms with E-state index in [0.717, 1.165) is 59.9 Å². The largest absolute Gasteiger partial charge is 0.496 e. The van der Waals surface area contributed by atoms with Crippen molar-refractivity contribution in [3.05, 3.63) is 52.6 Å². The Hall–Kier alpha value is -2.24. The molecule has 1 N–H and O–H groups in total. The van der Waals surface area contributed by atoms with Crippen LogP contribution in [0.4, 0.5) is 5.69 Å². The highest BCUT2D eigenvalue weighted by Crippen LogP contribution is 2.37. The van der Waals surface area contributed by atoms with Crippen molar-refractivity contribution in [1.82, 2.24) is 4.90 Å². The van der Waals surface area contributed by atoms with Gasteiger partial charge in [-0.3, -0.25) is 4.90 Å². The Balaban J connectivity index is 1.53. The molecular weight excluding hydrogens is 364 g/mol. The Labute approximate surface area is 174 Å². The summed E-state index contributed by atoms with van der Waals surface area (Å²) in [7, 11) is 1.70. The molecule has 1 saturated heterocycles. The molecule has 5 heteroatoms. The zero-order chi connectivity index (χ0) is 21.0. The minimum Gasteiger partial charge on any atom is -0.496 e. The number of hydrogen-bond donors (Lipinski definition) is 1. The maximum absolute atomic E-state index is 10.6. The number of anilines is 1. The predicted octanol–water partition coefficient (Wildman–Crippen LogP) is 3.49. The van der Waals surface area contributed by atoms with Crippen LogP contribution in [0.5, 0.6) is 11.5 Å². The van der Waals surface area contributed by atoms with Gasteiger partial charge in [0.25, 0.3) is 0 Å². The number of aliphatic hydroxyl groups is 1. The first-order chi connectivity index (χ1) is 13.9. The topological polar surface area (TPSA) is 45.2 Å². The van der Waals surface area contributed by atoms with Crippen molar-refractivity contribution in [2.75, 3.05) is 51.3 Å². The molecule has 1 atom stereocenters. The van der Waals surface area contributed by atoms with Gasteiger partial charge in [0, 0.05) is 38.4 Å². The van der Waals surface area contributed by atoms with E-state index >= 15 is 0 Å². The third kappa shape index (κ3) is 4.85. The molecule has 0 radical (unpaired) electrons. The van der Waals surface area contributed by atoms with Crippen LogP contribution in [0.3, 0.4) is 0 Å². The van der Waals surface area contributed by atoms with Crippen LogP contribution in [-0.2, 0) is 0 Å². The SMILES string of the molecule is COc1c(C)c(C)c(OCC(O)CN2CCN(c3ccccc3)CC2)c(C)c1C. The fraction of sp³-hybridized carbons (Fsp3) is 0.500. The molecular formula is C24H34N2O3. The summed E-state index contributed by atoms with van der Waals surface area (Å²) in [6, 6.07) is 10.5. The molecule has 0 aliphatic carbocycles. The quantitative estimate of drug-likeness (QED) is 0.774. The van der Waals surface area contributed by atoms with Gasteiger partial charge in [0.1, 0.15) is 24.2 Å². The zero-order valence-corrected chi connectivity index (χ0v) is 18.4. The summed E-state index contributed by atoms with van der Waals surface area (Å²) >= 11 is 0. The van der Waals surface area contributed by atoms with Gasteiger partial charge in [-0.15, -0.1) is 0 Å². The molecule has 2 aromatic rings. The van der Waals surface area contributed by atoms with Crippen LogP contribution < -0.4 is 14.4 Å². The molecule has 2 aromatic carbocycles. The minimum atomic E-state index is -0.514. The molecule has 0 aromatic heterocycles. The van der Waals surface area contributed by atoms with E-state index in [1.807, 2.05) is 6.07 Å². The minimum absolute atomic E-state index is 0.297. The first-order valence-electron chi connectivity index (χ1n) is 10.4. The van der Waals surface area contributed by atoms with Crippen LogP contribution in [0, 0.1) is 27.7 Å². The second-order valence-electron chi connectivity index (χ2n) is 7.95. The van der Waals surface area contributed by atoms with E-state index < -0.39 is 6.10 Å². The number of aliphatic hydroxyl groups excluding tert-OH is 1. The molecule has 1 aliphatic heterocycles. The van der Waals surface area contributed by atoms with Gasteiger partial charge in [-0.1, -0.05) is 18.2 Å². The van der Waals surface area contributed by atoms with Gasteiger partial charge in [0.2, 0.25) is 0 Å². The molecule has 0 spiro atoms. The van der Waals surface area contributed by atoms with Gasteiger partial charge >= 0.3 is 0 Å². The summed E-state index contributed by atoms with van der Waals surface area (Å²) in [5.41, 5.74) is 5.61. The van der Waals surface area contributed by atoms with E-state index in [0.29, 0.717) is 13.2 Å². The molecule has 29 heavy (non-hydrogen) atoms. The Morgan fingerprint density at radius 1 is 0.862 bits per heavy atom. The molecule has 0 saturated carbocycles. The van der Waals surface area contributed by atoms with Crippen LogP contribution in [0.2, 0.25) is 0 Å². The van der Waals surface area contributed by atoms with E-state index in [2.05, 4.69) is 61.8 Å². The highest BCUT2D eigenvalue weighted by atomic mass is 16.5. The van der Waals surface area contributed by atoms with E-state index in [4.69, 9.17) is 9.47 Å². The zero-order valence-electron chi connectivity index (χ0n) is 18.4. The molecule has 0 bridgehead atoms. The number of methoxy groups -OCH3 is 1. The number of rotatable bonds is 7. The fourth-order valence-corrected chi connectivity index (χ4v) is 4.12.